The minimum Gasteiger partial charge on any atom is -0.397 e. The largest absolute Gasteiger partial charge is 0.397 e. The van der Waals surface area contributed by atoms with Crippen molar-refractivity contribution >= 4 is 34.1 Å². The average Bonchev–Trinajstić information content (AvgIpc) is 2.80. The molecule has 0 radical (unpaired) electrons. The van der Waals surface area contributed by atoms with Crippen molar-refractivity contribution in [2.75, 3.05) is 38.6 Å². The van der Waals surface area contributed by atoms with Gasteiger partial charge in [0.15, 0.2) is 0 Å². The Hall–Kier alpha value is -1.93. The van der Waals surface area contributed by atoms with Crippen LogP contribution in [0.2, 0.25) is 5.02 Å². The molecule has 0 spiro atoms. The fourth-order valence-electron chi connectivity index (χ4n) is 4.80. The number of hydrogen-bond donors (Lipinski definition) is 4. The number of ether oxygens (including phenoxy) is 1. The number of aromatic nitrogens is 1. The Morgan fingerprint density at radius 2 is 2.13 bits per heavy atom. The van der Waals surface area contributed by atoms with Gasteiger partial charge in [0.2, 0.25) is 0 Å². The third kappa shape index (κ3) is 4.12. The number of amides is 1. The fraction of sp³-hybridized carbons (Fsp3) is 0.545. The van der Waals surface area contributed by atoms with Gasteiger partial charge in [-0.25, -0.2) is 0 Å². The van der Waals surface area contributed by atoms with Crippen molar-refractivity contribution in [2.45, 2.75) is 31.8 Å². The maximum atomic E-state index is 13.1. The van der Waals surface area contributed by atoms with Crippen LogP contribution in [0, 0.1) is 11.3 Å². The monoisotopic (exact) mass is 432 g/mol. The number of nitrogens with two attached hydrogens (primary N) is 1. The number of nitrogens with one attached hydrogen (secondary N) is 2. The van der Waals surface area contributed by atoms with Gasteiger partial charge in [0.05, 0.1) is 27.9 Å². The Bertz CT molecular complexity index is 911. The smallest absolute Gasteiger partial charge is 0.253 e. The average molecular weight is 433 g/mol. The molecule has 2 saturated heterocycles. The number of nitrogen functional groups attached to an aromatic ring is 1. The van der Waals surface area contributed by atoms with Gasteiger partial charge in [-0.05, 0) is 62.9 Å². The number of nitrogens with zero attached hydrogens (tertiary/aromatic N) is 1. The molecule has 2 aliphatic heterocycles. The predicted molar refractivity (Wildman–Crippen MR) is 118 cm³/mol. The first-order chi connectivity index (χ1) is 14.5. The van der Waals surface area contributed by atoms with Crippen LogP contribution in [0.1, 0.15) is 36.0 Å². The molecule has 162 valence electrons. The molecular weight excluding hydrogens is 404 g/mol. The quantitative estimate of drug-likeness (QED) is 0.540. The van der Waals surface area contributed by atoms with Crippen LogP contribution in [0.15, 0.2) is 24.4 Å². The van der Waals surface area contributed by atoms with Crippen LogP contribution < -0.4 is 16.4 Å². The number of anilines is 1. The van der Waals surface area contributed by atoms with E-state index in [0.29, 0.717) is 46.9 Å². The van der Waals surface area contributed by atoms with Crippen molar-refractivity contribution in [1.29, 1.82) is 0 Å². The highest BCUT2D eigenvalue weighted by molar-refractivity contribution is 6.35. The van der Waals surface area contributed by atoms with Crippen molar-refractivity contribution in [1.82, 2.24) is 15.6 Å². The fourth-order valence-corrected chi connectivity index (χ4v) is 5.01. The molecule has 2 fully saturated rings. The second kappa shape index (κ2) is 9.06. The lowest BCUT2D eigenvalue weighted by atomic mass is 9.68. The maximum absolute atomic E-state index is 13.1. The van der Waals surface area contributed by atoms with Crippen LogP contribution in [0.3, 0.4) is 0 Å². The van der Waals surface area contributed by atoms with Gasteiger partial charge in [0.25, 0.3) is 5.91 Å². The summed E-state index contributed by atoms with van der Waals surface area (Å²) in [6, 6.07) is 5.15. The molecule has 8 heteroatoms. The zero-order valence-corrected chi connectivity index (χ0v) is 17.8. The summed E-state index contributed by atoms with van der Waals surface area (Å²) in [6.07, 6.45) is 4.49. The van der Waals surface area contributed by atoms with Crippen LogP contribution in [0.4, 0.5) is 5.69 Å². The zero-order valence-electron chi connectivity index (χ0n) is 17.0. The Morgan fingerprint density at radius 1 is 1.40 bits per heavy atom. The lowest BCUT2D eigenvalue weighted by Gasteiger charge is -2.45. The minimum atomic E-state index is -0.478. The van der Waals surface area contributed by atoms with E-state index in [1.807, 2.05) is 6.07 Å². The molecule has 5 N–H and O–H groups in total. The topological polar surface area (TPSA) is 110 Å². The second-order valence-corrected chi connectivity index (χ2v) is 8.82. The first-order valence-corrected chi connectivity index (χ1v) is 11.0. The number of carbonyl (C=O) groups excluding carboxylic acids is 1. The van der Waals surface area contributed by atoms with Crippen molar-refractivity contribution < 1.29 is 14.6 Å². The molecule has 30 heavy (non-hydrogen) atoms. The molecule has 2 aromatic rings. The van der Waals surface area contributed by atoms with Crippen molar-refractivity contribution in [3.05, 3.63) is 35.0 Å². The Morgan fingerprint density at radius 3 is 2.87 bits per heavy atom. The van der Waals surface area contributed by atoms with Gasteiger partial charge in [-0.1, -0.05) is 11.6 Å². The number of halogens is 1. The van der Waals surface area contributed by atoms with Crippen molar-refractivity contribution in [2.24, 2.45) is 11.3 Å². The molecule has 7 nitrogen and oxygen atoms in total. The van der Waals surface area contributed by atoms with E-state index in [9.17, 15) is 9.90 Å². The van der Waals surface area contributed by atoms with Gasteiger partial charge < -0.3 is 26.2 Å². The second-order valence-electron chi connectivity index (χ2n) is 8.41. The number of aliphatic hydroxyl groups is 1. The minimum absolute atomic E-state index is 0.196. The summed E-state index contributed by atoms with van der Waals surface area (Å²) in [5.74, 6) is -0.0556. The summed E-state index contributed by atoms with van der Waals surface area (Å²) in [4.78, 5) is 17.5. The molecule has 4 rings (SSSR count). The highest BCUT2D eigenvalue weighted by Gasteiger charge is 2.43. The maximum Gasteiger partial charge on any atom is 0.253 e. The SMILES string of the molecule is Nc1c(Cl)cc(C(=O)NCC2(C(O)C3CCOCC3)CCNCC2)c2ncccc12. The summed E-state index contributed by atoms with van der Waals surface area (Å²) in [6.45, 7) is 3.43. The van der Waals surface area contributed by atoms with E-state index in [1.165, 1.54) is 0 Å². The van der Waals surface area contributed by atoms with E-state index in [0.717, 1.165) is 38.8 Å². The van der Waals surface area contributed by atoms with Crippen LogP contribution in [0.25, 0.3) is 10.9 Å². The number of rotatable bonds is 5. The van der Waals surface area contributed by atoms with Gasteiger partial charge in [0, 0.05) is 36.8 Å². The predicted octanol–water partition coefficient (Wildman–Crippen LogP) is 2.36. The summed E-state index contributed by atoms with van der Waals surface area (Å²) in [7, 11) is 0. The van der Waals surface area contributed by atoms with Gasteiger partial charge >= 0.3 is 0 Å². The summed E-state index contributed by atoms with van der Waals surface area (Å²) in [5.41, 5.74) is 7.05. The van der Waals surface area contributed by atoms with E-state index in [2.05, 4.69) is 15.6 Å². The summed E-state index contributed by atoms with van der Waals surface area (Å²) >= 11 is 6.27. The molecule has 1 aromatic carbocycles. The van der Waals surface area contributed by atoms with E-state index in [-0.39, 0.29) is 17.2 Å². The molecule has 1 aromatic heterocycles. The molecule has 1 unspecified atom stereocenters. The van der Waals surface area contributed by atoms with Gasteiger partial charge in [-0.3, -0.25) is 9.78 Å². The Kier molecular flexibility index (Phi) is 6.43. The number of hydrogen-bond acceptors (Lipinski definition) is 6. The van der Waals surface area contributed by atoms with Crippen molar-refractivity contribution in [3.63, 3.8) is 0 Å². The highest BCUT2D eigenvalue weighted by atomic mass is 35.5. The molecule has 0 saturated carbocycles. The van der Waals surface area contributed by atoms with E-state index in [1.54, 1.807) is 18.3 Å². The number of benzene rings is 1. The number of pyridine rings is 1. The van der Waals surface area contributed by atoms with Crippen LogP contribution in [0.5, 0.6) is 0 Å². The van der Waals surface area contributed by atoms with Crippen LogP contribution in [-0.2, 0) is 4.74 Å². The first kappa shape index (κ1) is 21.3. The Labute approximate surface area is 181 Å². The molecule has 0 aliphatic carbocycles. The lowest BCUT2D eigenvalue weighted by molar-refractivity contribution is -0.0693. The normalized spacial score (nSPS) is 20.7. The van der Waals surface area contributed by atoms with Crippen LogP contribution >= 0.6 is 11.6 Å². The number of fused-ring (bicyclic) bond motifs is 1. The molecule has 3 heterocycles. The van der Waals surface area contributed by atoms with Gasteiger partial charge in [-0.15, -0.1) is 0 Å². The summed E-state index contributed by atoms with van der Waals surface area (Å²) < 4.78 is 5.47. The lowest BCUT2D eigenvalue weighted by Crippen LogP contribution is -2.54. The number of carbonyl (C=O) groups is 1. The van der Waals surface area contributed by atoms with E-state index < -0.39 is 6.10 Å². The molecule has 2 aliphatic rings. The molecular formula is C22H29ClN4O3. The van der Waals surface area contributed by atoms with Gasteiger partial charge in [0.1, 0.15) is 0 Å². The van der Waals surface area contributed by atoms with Crippen molar-refractivity contribution in [3.8, 4) is 0 Å². The van der Waals surface area contributed by atoms with E-state index >= 15 is 0 Å². The first-order valence-electron chi connectivity index (χ1n) is 10.6. The number of piperidine rings is 1. The third-order valence-corrected chi connectivity index (χ3v) is 6.98. The molecule has 1 atom stereocenters. The van der Waals surface area contributed by atoms with E-state index in [4.69, 9.17) is 22.1 Å². The zero-order chi connectivity index (χ0) is 21.1. The Balaban J connectivity index is 1.56. The standard InChI is InChI=1S/C22H29ClN4O3/c23-17-12-16(19-15(18(17)24)2-1-7-26-19)21(29)27-13-22(5-8-25-9-6-22)20(28)14-3-10-30-11-4-14/h1-2,7,12,14,20,25,28H,3-6,8-11,13,24H2,(H,27,29). The number of aliphatic hydroxyl groups excluding tert-OH is 1. The van der Waals surface area contributed by atoms with Gasteiger partial charge in [-0.2, -0.15) is 0 Å². The molecule has 0 bridgehead atoms. The molecule has 1 amide bonds. The third-order valence-electron chi connectivity index (χ3n) is 6.67. The summed E-state index contributed by atoms with van der Waals surface area (Å²) in [5, 5.41) is 18.7. The highest BCUT2D eigenvalue weighted by Crippen LogP contribution is 2.39. The van der Waals surface area contributed by atoms with Crippen LogP contribution in [-0.4, -0.2) is 54.9 Å².